The Bertz CT molecular complexity index is 424. The number of aliphatic hydroxyl groups is 1. The van der Waals surface area contributed by atoms with E-state index in [-0.39, 0.29) is 17.8 Å². The molecule has 0 heterocycles. The molecule has 1 aromatic carbocycles. The Morgan fingerprint density at radius 3 is 2.78 bits per heavy atom. The van der Waals surface area contributed by atoms with Crippen molar-refractivity contribution in [2.75, 3.05) is 13.6 Å². The summed E-state index contributed by atoms with van der Waals surface area (Å²) < 4.78 is 13.6. The lowest BCUT2D eigenvalue weighted by Crippen LogP contribution is -2.23. The molecule has 0 bridgehead atoms. The molecule has 0 radical (unpaired) electrons. The van der Waals surface area contributed by atoms with Crippen LogP contribution in [0.3, 0.4) is 0 Å². The highest BCUT2D eigenvalue weighted by molar-refractivity contribution is 5.40. The first kappa shape index (κ1) is 14.5. The van der Waals surface area contributed by atoms with Gasteiger partial charge in [-0.15, -0.1) is 0 Å². The molecule has 6 heteroatoms. The van der Waals surface area contributed by atoms with Crippen LogP contribution in [0, 0.1) is 15.9 Å². The fourth-order valence-corrected chi connectivity index (χ4v) is 1.63. The van der Waals surface area contributed by atoms with Crippen molar-refractivity contribution in [3.8, 4) is 0 Å². The molecule has 1 N–H and O–H groups in total. The predicted octanol–water partition coefficient (Wildman–Crippen LogP) is 1.94. The van der Waals surface area contributed by atoms with Gasteiger partial charge in [-0.05, 0) is 26.5 Å². The van der Waals surface area contributed by atoms with Crippen LogP contribution in [0.4, 0.5) is 10.1 Å². The summed E-state index contributed by atoms with van der Waals surface area (Å²) in [6, 6.07) is 3.83. The van der Waals surface area contributed by atoms with E-state index < -0.39 is 16.8 Å². The van der Waals surface area contributed by atoms with Gasteiger partial charge < -0.3 is 10.0 Å². The van der Waals surface area contributed by atoms with Crippen LogP contribution in [0.1, 0.15) is 18.9 Å². The summed E-state index contributed by atoms with van der Waals surface area (Å²) in [4.78, 5) is 12.0. The van der Waals surface area contributed by atoms with Crippen molar-refractivity contribution >= 4 is 5.69 Å². The van der Waals surface area contributed by atoms with E-state index in [0.29, 0.717) is 13.0 Å². The molecule has 0 aliphatic heterocycles. The molecule has 100 valence electrons. The number of halogens is 1. The van der Waals surface area contributed by atoms with E-state index in [1.807, 2.05) is 0 Å². The zero-order valence-electron chi connectivity index (χ0n) is 10.5. The van der Waals surface area contributed by atoms with Gasteiger partial charge in [-0.1, -0.05) is 6.07 Å². The van der Waals surface area contributed by atoms with Crippen LogP contribution in [0.15, 0.2) is 18.2 Å². The molecule has 0 spiro atoms. The molecule has 0 aliphatic carbocycles. The third kappa shape index (κ3) is 4.05. The van der Waals surface area contributed by atoms with E-state index in [4.69, 9.17) is 5.11 Å². The highest BCUT2D eigenvalue weighted by Crippen LogP contribution is 2.22. The number of nitrogens with zero attached hydrogens (tertiary/aromatic N) is 2. The van der Waals surface area contributed by atoms with Crippen molar-refractivity contribution in [2.24, 2.45) is 0 Å². The average Bonchev–Trinajstić information content (AvgIpc) is 2.28. The number of nitro benzene ring substituents is 1. The number of aliphatic hydroxyl groups excluding tert-OH is 1. The summed E-state index contributed by atoms with van der Waals surface area (Å²) in [5.41, 5.74) is -0.130. The van der Waals surface area contributed by atoms with Gasteiger partial charge in [0.05, 0.1) is 16.6 Å². The lowest BCUT2D eigenvalue weighted by Gasteiger charge is -2.17. The van der Waals surface area contributed by atoms with Crippen LogP contribution in [0.5, 0.6) is 0 Å². The smallest absolute Gasteiger partial charge is 0.276 e. The van der Waals surface area contributed by atoms with Gasteiger partial charge in [-0.3, -0.25) is 10.1 Å². The molecule has 1 rings (SSSR count). The van der Waals surface area contributed by atoms with E-state index >= 15 is 0 Å². The van der Waals surface area contributed by atoms with Crippen LogP contribution in [0.2, 0.25) is 0 Å². The van der Waals surface area contributed by atoms with E-state index in [0.717, 1.165) is 0 Å². The maximum absolute atomic E-state index is 13.6. The molecule has 5 nitrogen and oxygen atoms in total. The highest BCUT2D eigenvalue weighted by atomic mass is 19.1. The fraction of sp³-hybridized carbons (Fsp3) is 0.500. The standard InChI is InChI=1S/C12H17FN2O3/c1-9(16)6-7-14(2)8-10-11(13)4-3-5-12(10)15(17)18/h3-5,9,16H,6-8H2,1-2H3. The van der Waals surface area contributed by atoms with Gasteiger partial charge in [-0.25, -0.2) is 4.39 Å². The molecule has 0 aliphatic rings. The normalized spacial score (nSPS) is 12.7. The second kappa shape index (κ2) is 6.42. The molecule has 0 saturated heterocycles. The maximum atomic E-state index is 13.6. The predicted molar refractivity (Wildman–Crippen MR) is 65.7 cm³/mol. The number of rotatable bonds is 6. The van der Waals surface area contributed by atoms with Crippen molar-refractivity contribution in [1.82, 2.24) is 4.90 Å². The molecule has 18 heavy (non-hydrogen) atoms. The van der Waals surface area contributed by atoms with E-state index in [1.165, 1.54) is 18.2 Å². The molecule has 0 fully saturated rings. The Labute approximate surface area is 105 Å². The molecule has 0 amide bonds. The van der Waals surface area contributed by atoms with Crippen molar-refractivity contribution in [2.45, 2.75) is 26.0 Å². The minimum absolute atomic E-state index is 0.0793. The van der Waals surface area contributed by atoms with Crippen LogP contribution in [-0.4, -0.2) is 34.6 Å². The zero-order valence-corrected chi connectivity index (χ0v) is 10.5. The number of nitro groups is 1. The van der Waals surface area contributed by atoms with Gasteiger partial charge >= 0.3 is 0 Å². The summed E-state index contributed by atoms with van der Waals surface area (Å²) in [6.45, 7) is 2.36. The third-order valence-electron chi connectivity index (χ3n) is 2.65. The average molecular weight is 256 g/mol. The van der Waals surface area contributed by atoms with E-state index in [1.54, 1.807) is 18.9 Å². The summed E-state index contributed by atoms with van der Waals surface area (Å²) in [6.07, 6.45) is 0.0988. The fourth-order valence-electron chi connectivity index (χ4n) is 1.63. The second-order valence-electron chi connectivity index (χ2n) is 4.37. The monoisotopic (exact) mass is 256 g/mol. The molecule has 1 unspecified atom stereocenters. The molecule has 1 aromatic rings. The topological polar surface area (TPSA) is 66.6 Å². The summed E-state index contributed by atoms with van der Waals surface area (Å²) >= 11 is 0. The van der Waals surface area contributed by atoms with Crippen LogP contribution in [0.25, 0.3) is 0 Å². The lowest BCUT2D eigenvalue weighted by atomic mass is 10.1. The number of hydrogen-bond acceptors (Lipinski definition) is 4. The Kier molecular flexibility index (Phi) is 5.18. The molecule has 1 atom stereocenters. The highest BCUT2D eigenvalue weighted by Gasteiger charge is 2.18. The Morgan fingerprint density at radius 1 is 1.56 bits per heavy atom. The molecule has 0 saturated carbocycles. The van der Waals surface area contributed by atoms with Gasteiger partial charge in [0.2, 0.25) is 0 Å². The van der Waals surface area contributed by atoms with Gasteiger partial charge in [0, 0.05) is 19.2 Å². The Hall–Kier alpha value is -1.53. The van der Waals surface area contributed by atoms with Gasteiger partial charge in [0.25, 0.3) is 5.69 Å². The lowest BCUT2D eigenvalue weighted by molar-refractivity contribution is -0.385. The van der Waals surface area contributed by atoms with Crippen LogP contribution in [-0.2, 0) is 6.54 Å². The van der Waals surface area contributed by atoms with Crippen LogP contribution < -0.4 is 0 Å². The maximum Gasteiger partial charge on any atom is 0.276 e. The minimum Gasteiger partial charge on any atom is -0.393 e. The first-order valence-corrected chi connectivity index (χ1v) is 5.70. The number of benzene rings is 1. The summed E-state index contributed by atoms with van der Waals surface area (Å²) in [5, 5.41) is 20.0. The van der Waals surface area contributed by atoms with Crippen molar-refractivity contribution < 1.29 is 14.4 Å². The zero-order chi connectivity index (χ0) is 13.7. The largest absolute Gasteiger partial charge is 0.393 e. The Balaban J connectivity index is 2.80. The quantitative estimate of drug-likeness (QED) is 0.624. The first-order chi connectivity index (χ1) is 8.41. The van der Waals surface area contributed by atoms with Gasteiger partial charge in [0.1, 0.15) is 5.82 Å². The Morgan fingerprint density at radius 2 is 2.22 bits per heavy atom. The van der Waals surface area contributed by atoms with E-state index in [2.05, 4.69) is 0 Å². The second-order valence-corrected chi connectivity index (χ2v) is 4.37. The van der Waals surface area contributed by atoms with Crippen molar-refractivity contribution in [1.29, 1.82) is 0 Å². The third-order valence-corrected chi connectivity index (χ3v) is 2.65. The summed E-state index contributed by atoms with van der Waals surface area (Å²) in [7, 11) is 1.73. The molecule has 0 aromatic heterocycles. The molecular weight excluding hydrogens is 239 g/mol. The van der Waals surface area contributed by atoms with Crippen LogP contribution >= 0.6 is 0 Å². The SMILES string of the molecule is CC(O)CCN(C)Cc1c(F)cccc1[N+](=O)[O-]. The van der Waals surface area contributed by atoms with Crippen molar-refractivity contribution in [3.05, 3.63) is 39.7 Å². The molecular formula is C12H17FN2O3. The van der Waals surface area contributed by atoms with Gasteiger partial charge in [0.15, 0.2) is 0 Å². The summed E-state index contributed by atoms with van der Waals surface area (Å²) in [5.74, 6) is -0.576. The first-order valence-electron chi connectivity index (χ1n) is 5.70. The minimum atomic E-state index is -0.582. The number of hydrogen-bond donors (Lipinski definition) is 1. The van der Waals surface area contributed by atoms with E-state index in [9.17, 15) is 14.5 Å². The van der Waals surface area contributed by atoms with Crippen molar-refractivity contribution in [3.63, 3.8) is 0 Å². The van der Waals surface area contributed by atoms with Gasteiger partial charge in [-0.2, -0.15) is 0 Å².